The molecule has 1 aliphatic heterocycles. The number of likely N-dealkylation sites (tertiary alicyclic amines) is 1. The highest BCUT2D eigenvalue weighted by molar-refractivity contribution is 7.90. The second-order valence-corrected chi connectivity index (χ2v) is 8.33. The van der Waals surface area contributed by atoms with Crippen molar-refractivity contribution in [2.45, 2.75) is 57.5 Å². The van der Waals surface area contributed by atoms with E-state index >= 15 is 0 Å². The van der Waals surface area contributed by atoms with E-state index in [1.165, 1.54) is 0 Å². The van der Waals surface area contributed by atoms with E-state index in [-0.39, 0.29) is 18.0 Å². The number of carbonyl (C=O) groups excluding carboxylic acids is 1. The highest BCUT2D eigenvalue weighted by Gasteiger charge is 2.28. The van der Waals surface area contributed by atoms with Crippen LogP contribution in [0.25, 0.3) is 0 Å². The van der Waals surface area contributed by atoms with Crippen LogP contribution in [0.15, 0.2) is 0 Å². The van der Waals surface area contributed by atoms with Crippen molar-refractivity contribution < 1.29 is 13.2 Å². The molecule has 0 spiro atoms. The van der Waals surface area contributed by atoms with Gasteiger partial charge in [-0.2, -0.15) is 0 Å². The minimum Gasteiger partial charge on any atom is -0.340 e. The van der Waals surface area contributed by atoms with Gasteiger partial charge in [0.2, 0.25) is 15.9 Å². The van der Waals surface area contributed by atoms with Crippen molar-refractivity contribution >= 4 is 15.9 Å². The summed E-state index contributed by atoms with van der Waals surface area (Å²) in [4.78, 5) is 13.7. The number of sulfonamides is 1. The third-order valence-corrected chi connectivity index (χ3v) is 5.81. The Morgan fingerprint density at radius 1 is 1.24 bits per heavy atom. The second-order valence-electron chi connectivity index (χ2n) is 6.58. The van der Waals surface area contributed by atoms with Crippen LogP contribution in [0.2, 0.25) is 0 Å². The quantitative estimate of drug-likeness (QED) is 0.786. The lowest BCUT2D eigenvalue weighted by molar-refractivity contribution is -0.129. The molecular weight excluding hydrogens is 290 g/mol. The summed E-state index contributed by atoms with van der Waals surface area (Å²) in [6.07, 6.45) is 5.56. The first kappa shape index (κ1) is 16.7. The van der Waals surface area contributed by atoms with Gasteiger partial charge in [-0.25, -0.2) is 13.1 Å². The topological polar surface area (TPSA) is 92.5 Å². The fraction of sp³-hybridized carbons (Fsp3) is 0.929. The van der Waals surface area contributed by atoms with E-state index in [9.17, 15) is 13.2 Å². The largest absolute Gasteiger partial charge is 0.340 e. The van der Waals surface area contributed by atoms with Crippen LogP contribution >= 0.6 is 0 Å². The summed E-state index contributed by atoms with van der Waals surface area (Å²) in [6.45, 7) is 3.27. The minimum atomic E-state index is -3.55. The van der Waals surface area contributed by atoms with E-state index in [0.29, 0.717) is 19.0 Å². The van der Waals surface area contributed by atoms with Gasteiger partial charge >= 0.3 is 0 Å². The average molecular weight is 317 g/mol. The summed E-state index contributed by atoms with van der Waals surface area (Å²) in [7, 11) is -3.55. The van der Waals surface area contributed by atoms with Gasteiger partial charge in [0.15, 0.2) is 0 Å². The molecule has 0 aromatic carbocycles. The second kappa shape index (κ2) is 7.07. The van der Waals surface area contributed by atoms with Gasteiger partial charge in [-0.05, 0) is 44.4 Å². The molecule has 1 heterocycles. The standard InChI is InChI=1S/C14H27N3O3S/c1-11-4-6-13(7-5-11)16-21(19,20)10-14(18)17-8-2-3-12(15)9-17/h11-13,16H,2-10,15H2,1H3. The Morgan fingerprint density at radius 2 is 1.90 bits per heavy atom. The molecule has 2 rings (SSSR count). The molecule has 1 unspecified atom stereocenters. The lowest BCUT2D eigenvalue weighted by Crippen LogP contribution is -2.49. The van der Waals surface area contributed by atoms with Gasteiger partial charge < -0.3 is 10.6 Å². The van der Waals surface area contributed by atoms with Gasteiger partial charge in [0, 0.05) is 25.2 Å². The molecule has 1 saturated heterocycles. The van der Waals surface area contributed by atoms with Crippen LogP contribution in [0.4, 0.5) is 0 Å². The molecule has 2 aliphatic rings. The molecule has 122 valence electrons. The zero-order valence-electron chi connectivity index (χ0n) is 12.8. The Bertz CT molecular complexity index is 458. The number of nitrogens with two attached hydrogens (primary N) is 1. The lowest BCUT2D eigenvalue weighted by atomic mass is 9.88. The molecule has 1 aliphatic carbocycles. The maximum absolute atomic E-state index is 12.1. The number of amides is 1. The Hall–Kier alpha value is -0.660. The van der Waals surface area contributed by atoms with Crippen molar-refractivity contribution in [3.8, 4) is 0 Å². The molecule has 3 N–H and O–H groups in total. The first-order chi connectivity index (χ1) is 9.85. The fourth-order valence-corrected chi connectivity index (χ4v) is 4.50. The molecule has 0 radical (unpaired) electrons. The van der Waals surface area contributed by atoms with Crippen molar-refractivity contribution in [2.75, 3.05) is 18.8 Å². The van der Waals surface area contributed by atoms with Gasteiger partial charge in [-0.3, -0.25) is 4.79 Å². The predicted octanol–water partition coefficient (Wildman–Crippen LogP) is 0.434. The molecule has 6 nitrogen and oxygen atoms in total. The molecule has 0 bridgehead atoms. The van der Waals surface area contributed by atoms with Crippen LogP contribution in [0, 0.1) is 5.92 Å². The lowest BCUT2D eigenvalue weighted by Gasteiger charge is -2.31. The summed E-state index contributed by atoms with van der Waals surface area (Å²) >= 11 is 0. The highest BCUT2D eigenvalue weighted by Crippen LogP contribution is 2.23. The smallest absolute Gasteiger partial charge is 0.239 e. The normalized spacial score (nSPS) is 31.1. The van der Waals surface area contributed by atoms with E-state index < -0.39 is 15.8 Å². The molecule has 1 atom stereocenters. The first-order valence-corrected chi connectivity index (χ1v) is 9.54. The van der Waals surface area contributed by atoms with Gasteiger partial charge in [-0.1, -0.05) is 6.92 Å². The summed E-state index contributed by atoms with van der Waals surface area (Å²) in [6, 6.07) is -0.0409. The van der Waals surface area contributed by atoms with Crippen LogP contribution in [-0.2, 0) is 14.8 Å². The van der Waals surface area contributed by atoms with Gasteiger partial charge in [0.25, 0.3) is 0 Å². The fourth-order valence-electron chi connectivity index (χ4n) is 3.16. The van der Waals surface area contributed by atoms with Gasteiger partial charge in [0.1, 0.15) is 5.75 Å². The SMILES string of the molecule is CC1CCC(NS(=O)(=O)CC(=O)N2CCCC(N)C2)CC1. The van der Waals surface area contributed by atoms with Crippen molar-refractivity contribution in [3.05, 3.63) is 0 Å². The van der Waals surface area contributed by atoms with Crippen molar-refractivity contribution in [1.82, 2.24) is 9.62 Å². The average Bonchev–Trinajstić information content (AvgIpc) is 2.40. The van der Waals surface area contributed by atoms with Crippen LogP contribution in [0.1, 0.15) is 45.4 Å². The molecule has 1 saturated carbocycles. The van der Waals surface area contributed by atoms with Gasteiger partial charge in [-0.15, -0.1) is 0 Å². The number of hydrogen-bond donors (Lipinski definition) is 2. The van der Waals surface area contributed by atoms with E-state index in [1.54, 1.807) is 4.90 Å². The van der Waals surface area contributed by atoms with Gasteiger partial charge in [0.05, 0.1) is 0 Å². The Balaban J connectivity index is 1.84. The molecule has 2 fully saturated rings. The van der Waals surface area contributed by atoms with E-state index in [2.05, 4.69) is 11.6 Å². The van der Waals surface area contributed by atoms with Crippen LogP contribution in [0.3, 0.4) is 0 Å². The van der Waals surface area contributed by atoms with Crippen molar-refractivity contribution in [3.63, 3.8) is 0 Å². The Morgan fingerprint density at radius 3 is 2.52 bits per heavy atom. The molecular formula is C14H27N3O3S. The summed E-state index contributed by atoms with van der Waals surface area (Å²) in [5, 5.41) is 0. The van der Waals surface area contributed by atoms with E-state index in [4.69, 9.17) is 5.73 Å². The molecule has 7 heteroatoms. The number of rotatable bonds is 4. The zero-order valence-corrected chi connectivity index (χ0v) is 13.6. The van der Waals surface area contributed by atoms with Crippen LogP contribution in [-0.4, -0.2) is 50.2 Å². The Labute approximate surface area is 127 Å². The molecule has 21 heavy (non-hydrogen) atoms. The number of nitrogens with one attached hydrogen (secondary N) is 1. The summed E-state index contributed by atoms with van der Waals surface area (Å²) < 4.78 is 26.9. The number of hydrogen-bond acceptors (Lipinski definition) is 4. The molecule has 1 amide bonds. The summed E-state index contributed by atoms with van der Waals surface area (Å²) in [5.41, 5.74) is 5.83. The summed E-state index contributed by atoms with van der Waals surface area (Å²) in [5.74, 6) is -0.116. The number of piperidine rings is 1. The van der Waals surface area contributed by atoms with Crippen LogP contribution < -0.4 is 10.5 Å². The maximum Gasteiger partial charge on any atom is 0.239 e. The third kappa shape index (κ3) is 5.23. The Kier molecular flexibility index (Phi) is 5.62. The van der Waals surface area contributed by atoms with E-state index in [0.717, 1.165) is 38.5 Å². The van der Waals surface area contributed by atoms with E-state index in [1.807, 2.05) is 0 Å². The number of carbonyl (C=O) groups is 1. The highest BCUT2D eigenvalue weighted by atomic mass is 32.2. The predicted molar refractivity (Wildman–Crippen MR) is 82.1 cm³/mol. The third-order valence-electron chi connectivity index (χ3n) is 4.49. The molecule has 0 aromatic rings. The maximum atomic E-state index is 12.1. The van der Waals surface area contributed by atoms with Crippen LogP contribution in [0.5, 0.6) is 0 Å². The minimum absolute atomic E-state index is 0.0115. The van der Waals surface area contributed by atoms with Crippen molar-refractivity contribution in [1.29, 1.82) is 0 Å². The first-order valence-electron chi connectivity index (χ1n) is 7.89. The van der Waals surface area contributed by atoms with Crippen molar-refractivity contribution in [2.24, 2.45) is 11.7 Å². The zero-order chi connectivity index (χ0) is 15.5. The number of nitrogens with zero attached hydrogens (tertiary/aromatic N) is 1. The molecule has 0 aromatic heterocycles. The monoisotopic (exact) mass is 317 g/mol.